The van der Waals surface area contributed by atoms with Crippen LogP contribution in [0.2, 0.25) is 0 Å². The fourth-order valence-electron chi connectivity index (χ4n) is 2.35. The molecule has 0 saturated heterocycles. The molecule has 20 heavy (non-hydrogen) atoms. The summed E-state index contributed by atoms with van der Waals surface area (Å²) in [6.07, 6.45) is 0. The Morgan fingerprint density at radius 2 is 1.40 bits per heavy atom. The molecule has 2 rings (SSSR count). The monoisotopic (exact) mass is 280 g/mol. The smallest absolute Gasteiger partial charge is 0.134 e. The molecule has 0 saturated carbocycles. The Morgan fingerprint density at radius 1 is 0.900 bits per heavy atom. The molecule has 2 aromatic carbocycles. The lowest BCUT2D eigenvalue weighted by Crippen LogP contribution is -2.30. The number of nitrogens with two attached hydrogens (primary N) is 1. The summed E-state index contributed by atoms with van der Waals surface area (Å²) in [6.45, 7) is 3.75. The van der Waals surface area contributed by atoms with Gasteiger partial charge >= 0.3 is 0 Å². The SMILES string of the molecule is Cc1cc(C)cc(C(NN)c2c(F)cc(F)cc2F)c1. The number of hydrazine groups is 1. The van der Waals surface area contributed by atoms with E-state index in [4.69, 9.17) is 5.84 Å². The lowest BCUT2D eigenvalue weighted by Gasteiger charge is -2.19. The van der Waals surface area contributed by atoms with Crippen molar-refractivity contribution in [2.24, 2.45) is 5.84 Å². The van der Waals surface area contributed by atoms with Crippen LogP contribution in [0, 0.1) is 31.3 Å². The lowest BCUT2D eigenvalue weighted by molar-refractivity contribution is 0.491. The summed E-state index contributed by atoms with van der Waals surface area (Å²) in [5, 5.41) is 0. The van der Waals surface area contributed by atoms with Gasteiger partial charge in [0, 0.05) is 17.7 Å². The van der Waals surface area contributed by atoms with Crippen LogP contribution in [0.15, 0.2) is 30.3 Å². The molecule has 0 aliphatic rings. The van der Waals surface area contributed by atoms with E-state index in [1.807, 2.05) is 19.9 Å². The Morgan fingerprint density at radius 3 is 1.85 bits per heavy atom. The molecule has 0 aliphatic heterocycles. The van der Waals surface area contributed by atoms with Crippen LogP contribution in [-0.4, -0.2) is 0 Å². The molecule has 1 unspecified atom stereocenters. The maximum atomic E-state index is 13.9. The Balaban J connectivity index is 2.58. The zero-order valence-corrected chi connectivity index (χ0v) is 11.2. The first-order chi connectivity index (χ1) is 9.42. The molecular formula is C15H15F3N2. The summed E-state index contributed by atoms with van der Waals surface area (Å²) >= 11 is 0. The molecule has 106 valence electrons. The van der Waals surface area contributed by atoms with Crippen molar-refractivity contribution >= 4 is 0 Å². The molecule has 2 aromatic rings. The predicted molar refractivity (Wildman–Crippen MR) is 71.4 cm³/mol. The zero-order chi connectivity index (χ0) is 14.9. The average Bonchev–Trinajstić information content (AvgIpc) is 2.32. The number of nitrogens with one attached hydrogen (secondary N) is 1. The van der Waals surface area contributed by atoms with E-state index >= 15 is 0 Å². The second-order valence-corrected chi connectivity index (χ2v) is 4.80. The number of hydrogen-bond acceptors (Lipinski definition) is 2. The van der Waals surface area contributed by atoms with Gasteiger partial charge in [-0.2, -0.15) is 0 Å². The number of aryl methyl sites for hydroxylation is 2. The van der Waals surface area contributed by atoms with Gasteiger partial charge in [-0.25, -0.2) is 18.6 Å². The number of halogens is 3. The first-order valence-corrected chi connectivity index (χ1v) is 6.11. The molecule has 0 fully saturated rings. The summed E-state index contributed by atoms with van der Waals surface area (Å²) in [4.78, 5) is 0. The minimum Gasteiger partial charge on any atom is -0.271 e. The van der Waals surface area contributed by atoms with Gasteiger partial charge in [0.05, 0.1) is 6.04 Å². The summed E-state index contributed by atoms with van der Waals surface area (Å²) < 4.78 is 40.7. The molecule has 1 atom stereocenters. The zero-order valence-electron chi connectivity index (χ0n) is 11.2. The Hall–Kier alpha value is -1.85. The van der Waals surface area contributed by atoms with E-state index in [1.54, 1.807) is 12.1 Å². The summed E-state index contributed by atoms with van der Waals surface area (Å²) in [6, 6.07) is 5.90. The van der Waals surface area contributed by atoms with Crippen LogP contribution in [-0.2, 0) is 0 Å². The van der Waals surface area contributed by atoms with Crippen molar-refractivity contribution in [2.75, 3.05) is 0 Å². The first kappa shape index (κ1) is 14.6. The third-order valence-electron chi connectivity index (χ3n) is 3.08. The van der Waals surface area contributed by atoms with Gasteiger partial charge in [0.15, 0.2) is 0 Å². The molecule has 2 nitrogen and oxygen atoms in total. The van der Waals surface area contributed by atoms with Crippen LogP contribution in [0.3, 0.4) is 0 Å². The van der Waals surface area contributed by atoms with Crippen molar-refractivity contribution in [3.8, 4) is 0 Å². The van der Waals surface area contributed by atoms with Crippen LogP contribution in [0.5, 0.6) is 0 Å². The highest BCUT2D eigenvalue weighted by atomic mass is 19.1. The van der Waals surface area contributed by atoms with E-state index in [9.17, 15) is 13.2 Å². The molecule has 3 N–H and O–H groups in total. The Bertz CT molecular complexity index is 598. The van der Waals surface area contributed by atoms with Crippen LogP contribution in [0.4, 0.5) is 13.2 Å². The highest BCUT2D eigenvalue weighted by Crippen LogP contribution is 2.28. The van der Waals surface area contributed by atoms with E-state index in [2.05, 4.69) is 5.43 Å². The van der Waals surface area contributed by atoms with Crippen molar-refractivity contribution in [3.63, 3.8) is 0 Å². The topological polar surface area (TPSA) is 38.0 Å². The van der Waals surface area contributed by atoms with Crippen molar-refractivity contribution in [1.82, 2.24) is 5.43 Å². The molecule has 0 aromatic heterocycles. The van der Waals surface area contributed by atoms with Crippen LogP contribution < -0.4 is 11.3 Å². The average molecular weight is 280 g/mol. The standard InChI is InChI=1S/C15H15F3N2/c1-8-3-9(2)5-10(4-8)15(20-19)14-12(17)6-11(16)7-13(14)18/h3-7,15,20H,19H2,1-2H3. The fourth-order valence-corrected chi connectivity index (χ4v) is 2.35. The van der Waals surface area contributed by atoms with Gasteiger partial charge in [-0.1, -0.05) is 29.3 Å². The van der Waals surface area contributed by atoms with Gasteiger partial charge in [-0.05, 0) is 19.4 Å². The molecule has 0 amide bonds. The van der Waals surface area contributed by atoms with E-state index in [-0.39, 0.29) is 5.56 Å². The van der Waals surface area contributed by atoms with Crippen LogP contribution >= 0.6 is 0 Å². The molecule has 0 aliphatic carbocycles. The predicted octanol–water partition coefficient (Wildman–Crippen LogP) is 3.27. The number of rotatable bonds is 3. The molecule has 0 radical (unpaired) electrons. The van der Waals surface area contributed by atoms with E-state index in [0.717, 1.165) is 11.1 Å². The number of benzene rings is 2. The minimum absolute atomic E-state index is 0.293. The number of hydrogen-bond donors (Lipinski definition) is 2. The van der Waals surface area contributed by atoms with Crippen molar-refractivity contribution in [3.05, 3.63) is 70.0 Å². The lowest BCUT2D eigenvalue weighted by atomic mass is 9.95. The highest BCUT2D eigenvalue weighted by Gasteiger charge is 2.22. The summed E-state index contributed by atoms with van der Waals surface area (Å²) in [5.74, 6) is 2.54. The quantitative estimate of drug-likeness (QED) is 0.669. The first-order valence-electron chi connectivity index (χ1n) is 6.11. The highest BCUT2D eigenvalue weighted by molar-refractivity contribution is 5.38. The third-order valence-corrected chi connectivity index (χ3v) is 3.08. The van der Waals surface area contributed by atoms with Gasteiger partial charge < -0.3 is 0 Å². The molecule has 5 heteroatoms. The molecule has 0 bridgehead atoms. The minimum atomic E-state index is -0.968. The van der Waals surface area contributed by atoms with E-state index < -0.39 is 23.5 Å². The second-order valence-electron chi connectivity index (χ2n) is 4.80. The maximum Gasteiger partial charge on any atom is 0.134 e. The molecular weight excluding hydrogens is 265 g/mol. The summed E-state index contributed by atoms with van der Waals surface area (Å²) in [7, 11) is 0. The van der Waals surface area contributed by atoms with Crippen LogP contribution in [0.25, 0.3) is 0 Å². The van der Waals surface area contributed by atoms with Gasteiger partial charge in [-0.15, -0.1) is 0 Å². The summed E-state index contributed by atoms with van der Waals surface area (Å²) in [5.41, 5.74) is 4.61. The second kappa shape index (κ2) is 5.64. The third kappa shape index (κ3) is 2.84. The van der Waals surface area contributed by atoms with Crippen molar-refractivity contribution < 1.29 is 13.2 Å². The maximum absolute atomic E-state index is 13.9. The van der Waals surface area contributed by atoms with Gasteiger partial charge in [0.25, 0.3) is 0 Å². The van der Waals surface area contributed by atoms with Crippen LogP contribution in [0.1, 0.15) is 28.3 Å². The van der Waals surface area contributed by atoms with E-state index in [1.165, 1.54) is 0 Å². The fraction of sp³-hybridized carbons (Fsp3) is 0.200. The van der Waals surface area contributed by atoms with Crippen molar-refractivity contribution in [2.45, 2.75) is 19.9 Å². The normalized spacial score (nSPS) is 12.5. The van der Waals surface area contributed by atoms with E-state index in [0.29, 0.717) is 17.7 Å². The molecule has 0 spiro atoms. The van der Waals surface area contributed by atoms with Gasteiger partial charge in [0.1, 0.15) is 17.5 Å². The Labute approximate surface area is 115 Å². The largest absolute Gasteiger partial charge is 0.271 e. The van der Waals surface area contributed by atoms with Gasteiger partial charge in [-0.3, -0.25) is 5.84 Å². The van der Waals surface area contributed by atoms with Gasteiger partial charge in [0.2, 0.25) is 0 Å². The van der Waals surface area contributed by atoms with Crippen molar-refractivity contribution in [1.29, 1.82) is 0 Å². The Kier molecular flexibility index (Phi) is 4.11. The molecule has 0 heterocycles.